The fourth-order valence-electron chi connectivity index (χ4n) is 2.46. The molecule has 0 aliphatic heterocycles. The van der Waals surface area contributed by atoms with Crippen LogP contribution in [0.3, 0.4) is 0 Å². The molecule has 0 amide bonds. The van der Waals surface area contributed by atoms with Crippen LogP contribution in [0.4, 0.5) is 5.69 Å². The lowest BCUT2D eigenvalue weighted by Gasteiger charge is -2.21. The minimum atomic E-state index is 0.977. The van der Waals surface area contributed by atoms with Gasteiger partial charge in [-0.1, -0.05) is 32.1 Å². The van der Waals surface area contributed by atoms with Gasteiger partial charge >= 0.3 is 0 Å². The van der Waals surface area contributed by atoms with E-state index in [-0.39, 0.29) is 0 Å². The lowest BCUT2D eigenvalue weighted by Crippen LogP contribution is -2.12. The van der Waals surface area contributed by atoms with Crippen LogP contribution < -0.4 is 5.32 Å². The van der Waals surface area contributed by atoms with Crippen molar-refractivity contribution in [3.63, 3.8) is 0 Å². The van der Waals surface area contributed by atoms with Gasteiger partial charge in [0.25, 0.3) is 0 Å². The van der Waals surface area contributed by atoms with Crippen molar-refractivity contribution in [3.05, 3.63) is 27.8 Å². The molecule has 0 atom stereocenters. The third-order valence-corrected chi connectivity index (χ3v) is 4.17. The molecule has 1 saturated carbocycles. The minimum Gasteiger partial charge on any atom is -0.385 e. The Kier molecular flexibility index (Phi) is 4.94. The molecule has 1 aliphatic carbocycles. The fourth-order valence-corrected chi connectivity index (χ4v) is 2.82. The predicted molar refractivity (Wildman–Crippen MR) is 78.8 cm³/mol. The molecule has 1 aliphatic rings. The molecule has 0 aromatic heterocycles. The molecule has 88 valence electrons. The van der Waals surface area contributed by atoms with Crippen molar-refractivity contribution >= 4 is 28.3 Å². The minimum absolute atomic E-state index is 0.977. The van der Waals surface area contributed by atoms with Crippen molar-refractivity contribution in [1.82, 2.24) is 0 Å². The number of benzene rings is 1. The van der Waals surface area contributed by atoms with Gasteiger partial charge in [-0.25, -0.2) is 0 Å². The topological polar surface area (TPSA) is 12.0 Å². The van der Waals surface area contributed by atoms with Crippen LogP contribution in [0.15, 0.2) is 24.3 Å². The number of hydrogen-bond donors (Lipinski definition) is 1. The molecule has 2 rings (SSSR count). The first-order valence-corrected chi connectivity index (χ1v) is 7.42. The molecule has 1 N–H and O–H groups in total. The van der Waals surface area contributed by atoms with Crippen LogP contribution in [-0.2, 0) is 0 Å². The molecule has 0 spiro atoms. The Bertz CT molecular complexity index is 301. The van der Waals surface area contributed by atoms with Gasteiger partial charge in [0.05, 0.1) is 0 Å². The molecule has 0 saturated heterocycles. The molecule has 1 aromatic rings. The number of halogens is 1. The van der Waals surface area contributed by atoms with Crippen molar-refractivity contribution < 1.29 is 0 Å². The van der Waals surface area contributed by atoms with Gasteiger partial charge in [0.15, 0.2) is 0 Å². The summed E-state index contributed by atoms with van der Waals surface area (Å²) in [6, 6.07) is 8.65. The van der Waals surface area contributed by atoms with E-state index in [4.69, 9.17) is 0 Å². The van der Waals surface area contributed by atoms with E-state index >= 15 is 0 Å². The summed E-state index contributed by atoms with van der Waals surface area (Å²) in [5, 5.41) is 3.52. The van der Waals surface area contributed by atoms with Crippen molar-refractivity contribution in [2.45, 2.75) is 38.5 Å². The standard InChI is InChI=1S/C14H20IN/c15-13-6-8-14(9-7-13)16-11-10-12-4-2-1-3-5-12/h6-9,12,16H,1-5,10-11H2. The maximum atomic E-state index is 3.52. The lowest BCUT2D eigenvalue weighted by molar-refractivity contribution is 0.345. The zero-order chi connectivity index (χ0) is 11.2. The van der Waals surface area contributed by atoms with E-state index in [1.165, 1.54) is 47.8 Å². The lowest BCUT2D eigenvalue weighted by atomic mass is 9.87. The summed E-state index contributed by atoms with van der Waals surface area (Å²) >= 11 is 2.34. The molecule has 0 radical (unpaired) electrons. The molecular weight excluding hydrogens is 309 g/mol. The van der Waals surface area contributed by atoms with Crippen LogP contribution in [0.5, 0.6) is 0 Å². The van der Waals surface area contributed by atoms with Gasteiger partial charge in [0.1, 0.15) is 0 Å². The SMILES string of the molecule is Ic1ccc(NCCC2CCCCC2)cc1. The second kappa shape index (κ2) is 6.48. The van der Waals surface area contributed by atoms with Gasteiger partial charge in [-0.3, -0.25) is 0 Å². The van der Waals surface area contributed by atoms with Crippen LogP contribution in [0.25, 0.3) is 0 Å². The number of nitrogens with one attached hydrogen (secondary N) is 1. The third-order valence-electron chi connectivity index (χ3n) is 3.45. The first-order chi connectivity index (χ1) is 7.84. The summed E-state index contributed by atoms with van der Waals surface area (Å²) in [6.07, 6.45) is 8.61. The smallest absolute Gasteiger partial charge is 0.0340 e. The highest BCUT2D eigenvalue weighted by Gasteiger charge is 2.12. The van der Waals surface area contributed by atoms with Crippen molar-refractivity contribution in [1.29, 1.82) is 0 Å². The fraction of sp³-hybridized carbons (Fsp3) is 0.571. The van der Waals surface area contributed by atoms with Gasteiger partial charge in [0, 0.05) is 15.8 Å². The molecule has 0 heterocycles. The van der Waals surface area contributed by atoms with Crippen molar-refractivity contribution in [3.8, 4) is 0 Å². The van der Waals surface area contributed by atoms with Gasteiger partial charge < -0.3 is 5.32 Å². The monoisotopic (exact) mass is 329 g/mol. The first kappa shape index (κ1) is 12.2. The van der Waals surface area contributed by atoms with E-state index in [0.29, 0.717) is 0 Å². The molecular formula is C14H20IN. The van der Waals surface area contributed by atoms with Crippen molar-refractivity contribution in [2.75, 3.05) is 11.9 Å². The zero-order valence-electron chi connectivity index (χ0n) is 9.71. The quantitative estimate of drug-likeness (QED) is 0.792. The van der Waals surface area contributed by atoms with Gasteiger partial charge in [-0.2, -0.15) is 0 Å². The van der Waals surface area contributed by atoms with Gasteiger partial charge in [0.2, 0.25) is 0 Å². The summed E-state index contributed by atoms with van der Waals surface area (Å²) < 4.78 is 1.30. The van der Waals surface area contributed by atoms with E-state index in [9.17, 15) is 0 Å². The Balaban J connectivity index is 1.69. The van der Waals surface area contributed by atoms with E-state index in [1.54, 1.807) is 0 Å². The second-order valence-corrected chi connectivity index (χ2v) is 5.97. The van der Waals surface area contributed by atoms with Crippen LogP contribution in [0.2, 0.25) is 0 Å². The normalized spacial score (nSPS) is 17.3. The van der Waals surface area contributed by atoms with Crippen LogP contribution in [0, 0.1) is 9.49 Å². The van der Waals surface area contributed by atoms with E-state index in [0.717, 1.165) is 12.5 Å². The highest BCUT2D eigenvalue weighted by molar-refractivity contribution is 14.1. The second-order valence-electron chi connectivity index (χ2n) is 4.73. The van der Waals surface area contributed by atoms with Gasteiger partial charge in [-0.05, 0) is 59.2 Å². The molecule has 16 heavy (non-hydrogen) atoms. The van der Waals surface area contributed by atoms with Crippen LogP contribution in [0.1, 0.15) is 38.5 Å². The van der Waals surface area contributed by atoms with E-state index in [1.807, 2.05) is 0 Å². The van der Waals surface area contributed by atoms with Crippen LogP contribution >= 0.6 is 22.6 Å². The van der Waals surface area contributed by atoms with E-state index in [2.05, 4.69) is 52.2 Å². The largest absolute Gasteiger partial charge is 0.385 e. The third kappa shape index (κ3) is 3.96. The summed E-state index contributed by atoms with van der Waals surface area (Å²) in [7, 11) is 0. The first-order valence-electron chi connectivity index (χ1n) is 6.34. The molecule has 1 fully saturated rings. The van der Waals surface area contributed by atoms with Crippen molar-refractivity contribution in [2.24, 2.45) is 5.92 Å². The zero-order valence-corrected chi connectivity index (χ0v) is 11.9. The maximum Gasteiger partial charge on any atom is 0.0340 e. The summed E-state index contributed by atoms with van der Waals surface area (Å²) in [5.41, 5.74) is 1.26. The molecule has 0 bridgehead atoms. The average molecular weight is 329 g/mol. The highest BCUT2D eigenvalue weighted by Crippen LogP contribution is 2.26. The average Bonchev–Trinajstić information content (AvgIpc) is 2.33. The molecule has 2 heteroatoms. The Morgan fingerprint density at radius 3 is 2.44 bits per heavy atom. The number of hydrogen-bond acceptors (Lipinski definition) is 1. The summed E-state index contributed by atoms with van der Waals surface area (Å²) in [6.45, 7) is 1.13. The molecule has 1 nitrogen and oxygen atoms in total. The van der Waals surface area contributed by atoms with Crippen LogP contribution in [-0.4, -0.2) is 6.54 Å². The summed E-state index contributed by atoms with van der Waals surface area (Å²) in [5.74, 6) is 0.977. The Labute approximate surface area is 112 Å². The molecule has 0 unspecified atom stereocenters. The maximum absolute atomic E-state index is 3.52. The van der Waals surface area contributed by atoms with E-state index < -0.39 is 0 Å². The Morgan fingerprint density at radius 1 is 1.06 bits per heavy atom. The number of anilines is 1. The number of rotatable bonds is 4. The highest BCUT2D eigenvalue weighted by atomic mass is 127. The Morgan fingerprint density at radius 2 is 1.75 bits per heavy atom. The molecule has 1 aromatic carbocycles. The summed E-state index contributed by atoms with van der Waals surface area (Å²) in [4.78, 5) is 0. The predicted octanol–water partition coefficient (Wildman–Crippen LogP) is 4.67. The van der Waals surface area contributed by atoms with Gasteiger partial charge in [-0.15, -0.1) is 0 Å². The Hall–Kier alpha value is -0.250.